The summed E-state index contributed by atoms with van der Waals surface area (Å²) in [6.45, 7) is 5.54. The van der Waals surface area contributed by atoms with Crippen LogP contribution in [0, 0.1) is 0 Å². The van der Waals surface area contributed by atoms with Crippen LogP contribution in [0.2, 0.25) is 0 Å². The van der Waals surface area contributed by atoms with E-state index in [2.05, 4.69) is 10.3 Å². The molecule has 0 bridgehead atoms. The van der Waals surface area contributed by atoms with Crippen LogP contribution in [-0.2, 0) is 9.84 Å². The number of rotatable bonds is 3. The average molecular weight is 250 g/mol. The van der Waals surface area contributed by atoms with Gasteiger partial charge in [0, 0.05) is 18.3 Å². The van der Waals surface area contributed by atoms with Crippen LogP contribution in [0.25, 0.3) is 0 Å². The van der Waals surface area contributed by atoms with Crippen molar-refractivity contribution < 1.29 is 8.42 Å². The highest BCUT2D eigenvalue weighted by Gasteiger charge is 2.29. The number of thioether (sulfide) groups is 1. The topological polar surface area (TPSA) is 58.5 Å². The molecule has 0 spiro atoms. The van der Waals surface area contributed by atoms with E-state index in [9.17, 15) is 8.42 Å². The standard InChI is InChI=1S/C9H18N2O2S2/c1-3-10-9(11-4-2)14-8-5-6-15(12,13)7-8/h8H,3-7H2,1-2H3,(H,10,11)/t8-/m1/s1. The normalized spacial score (nSPS) is 25.5. The molecule has 1 fully saturated rings. The number of nitrogens with one attached hydrogen (secondary N) is 1. The van der Waals surface area contributed by atoms with Gasteiger partial charge in [-0.2, -0.15) is 0 Å². The van der Waals surface area contributed by atoms with Crippen LogP contribution in [0.1, 0.15) is 20.3 Å². The quantitative estimate of drug-likeness (QED) is 0.597. The second-order valence-electron chi connectivity index (χ2n) is 3.45. The summed E-state index contributed by atoms with van der Waals surface area (Å²) in [6, 6.07) is 0. The summed E-state index contributed by atoms with van der Waals surface area (Å²) in [5.74, 6) is 0.627. The van der Waals surface area contributed by atoms with E-state index in [-0.39, 0.29) is 5.25 Å². The first kappa shape index (κ1) is 12.8. The third-order valence-corrected chi connectivity index (χ3v) is 5.31. The van der Waals surface area contributed by atoms with Crippen molar-refractivity contribution in [3.05, 3.63) is 0 Å². The summed E-state index contributed by atoms with van der Waals surface area (Å²) >= 11 is 1.56. The van der Waals surface area contributed by atoms with Gasteiger partial charge in [-0.05, 0) is 20.3 Å². The lowest BCUT2D eigenvalue weighted by atomic mass is 10.4. The van der Waals surface area contributed by atoms with Gasteiger partial charge in [0.25, 0.3) is 0 Å². The van der Waals surface area contributed by atoms with Crippen LogP contribution < -0.4 is 5.32 Å². The first-order valence-electron chi connectivity index (χ1n) is 5.22. The molecule has 0 aromatic rings. The molecule has 1 rings (SSSR count). The van der Waals surface area contributed by atoms with Crippen molar-refractivity contribution in [3.8, 4) is 0 Å². The second-order valence-corrected chi connectivity index (χ2v) is 6.97. The predicted octanol–water partition coefficient (Wildman–Crippen LogP) is 0.892. The molecular weight excluding hydrogens is 232 g/mol. The van der Waals surface area contributed by atoms with E-state index in [1.54, 1.807) is 11.8 Å². The third kappa shape index (κ3) is 4.42. The van der Waals surface area contributed by atoms with E-state index in [0.717, 1.165) is 24.7 Å². The predicted molar refractivity (Wildman–Crippen MR) is 66.3 cm³/mol. The van der Waals surface area contributed by atoms with E-state index in [1.807, 2.05) is 13.8 Å². The van der Waals surface area contributed by atoms with Crippen LogP contribution in [0.4, 0.5) is 0 Å². The fourth-order valence-electron chi connectivity index (χ4n) is 1.44. The van der Waals surface area contributed by atoms with Gasteiger partial charge in [0.15, 0.2) is 15.0 Å². The minimum absolute atomic E-state index is 0.180. The number of nitrogens with zero attached hydrogens (tertiary/aromatic N) is 1. The lowest BCUT2D eigenvalue weighted by Gasteiger charge is -2.10. The van der Waals surface area contributed by atoms with Crippen molar-refractivity contribution in [2.24, 2.45) is 4.99 Å². The van der Waals surface area contributed by atoms with Gasteiger partial charge in [-0.15, -0.1) is 0 Å². The first-order chi connectivity index (χ1) is 7.07. The minimum Gasteiger partial charge on any atom is -0.365 e. The van der Waals surface area contributed by atoms with Gasteiger partial charge in [0.05, 0.1) is 11.5 Å². The first-order valence-corrected chi connectivity index (χ1v) is 7.93. The second kappa shape index (κ2) is 5.75. The van der Waals surface area contributed by atoms with Gasteiger partial charge in [0.1, 0.15) is 0 Å². The summed E-state index contributed by atoms with van der Waals surface area (Å²) in [5.41, 5.74) is 0. The molecular formula is C9H18N2O2S2. The monoisotopic (exact) mass is 250 g/mol. The Bertz CT molecular complexity index is 325. The Morgan fingerprint density at radius 2 is 2.27 bits per heavy atom. The highest BCUT2D eigenvalue weighted by atomic mass is 32.2. The van der Waals surface area contributed by atoms with Gasteiger partial charge in [0.2, 0.25) is 0 Å². The molecule has 1 aliphatic heterocycles. The van der Waals surface area contributed by atoms with Crippen LogP contribution in [-0.4, -0.2) is 43.4 Å². The number of sulfone groups is 1. The molecule has 88 valence electrons. The SMILES string of the molecule is CCN=C(NCC)S[C@@H]1CCS(=O)(=O)C1. The molecule has 0 aromatic heterocycles. The zero-order valence-corrected chi connectivity index (χ0v) is 10.8. The van der Waals surface area contributed by atoms with E-state index in [4.69, 9.17) is 0 Å². The maximum atomic E-state index is 11.3. The zero-order chi connectivity index (χ0) is 11.3. The summed E-state index contributed by atoms with van der Waals surface area (Å²) < 4.78 is 22.5. The minimum atomic E-state index is -2.77. The van der Waals surface area contributed by atoms with Crippen LogP contribution >= 0.6 is 11.8 Å². The van der Waals surface area contributed by atoms with Gasteiger partial charge in [-0.1, -0.05) is 11.8 Å². The zero-order valence-electron chi connectivity index (χ0n) is 9.19. The molecule has 0 saturated carbocycles. The maximum Gasteiger partial charge on any atom is 0.156 e. The van der Waals surface area contributed by atoms with Crippen LogP contribution in [0.3, 0.4) is 0 Å². The molecule has 0 amide bonds. The average Bonchev–Trinajstić information content (AvgIpc) is 2.46. The van der Waals surface area contributed by atoms with Gasteiger partial charge in [-0.3, -0.25) is 4.99 Å². The van der Waals surface area contributed by atoms with Crippen molar-refractivity contribution >= 4 is 26.8 Å². The molecule has 1 heterocycles. The highest BCUT2D eigenvalue weighted by molar-refractivity contribution is 8.15. The molecule has 0 aliphatic carbocycles. The fourth-order valence-corrected chi connectivity index (χ4v) is 5.01. The molecule has 0 aromatic carbocycles. The number of amidine groups is 1. The molecule has 15 heavy (non-hydrogen) atoms. The smallest absolute Gasteiger partial charge is 0.156 e. The number of hydrogen-bond donors (Lipinski definition) is 1. The Morgan fingerprint density at radius 1 is 1.53 bits per heavy atom. The van der Waals surface area contributed by atoms with Gasteiger partial charge in [-0.25, -0.2) is 8.42 Å². The van der Waals surface area contributed by atoms with Gasteiger partial charge >= 0.3 is 0 Å². The molecule has 6 heteroatoms. The Labute approximate surface area is 95.8 Å². The molecule has 0 radical (unpaired) electrons. The van der Waals surface area contributed by atoms with Crippen LogP contribution in [0.5, 0.6) is 0 Å². The number of hydrogen-bond acceptors (Lipinski definition) is 4. The van der Waals surface area contributed by atoms with Crippen molar-refractivity contribution in [1.82, 2.24) is 5.32 Å². The Morgan fingerprint density at radius 3 is 2.73 bits per heavy atom. The van der Waals surface area contributed by atoms with Crippen molar-refractivity contribution in [2.75, 3.05) is 24.6 Å². The largest absolute Gasteiger partial charge is 0.365 e. The Hall–Kier alpha value is -0.230. The fraction of sp³-hybridized carbons (Fsp3) is 0.889. The van der Waals surface area contributed by atoms with E-state index in [1.165, 1.54) is 0 Å². The maximum absolute atomic E-state index is 11.3. The molecule has 1 aliphatic rings. The van der Waals surface area contributed by atoms with E-state index < -0.39 is 9.84 Å². The van der Waals surface area contributed by atoms with Crippen molar-refractivity contribution in [1.29, 1.82) is 0 Å². The Balaban J connectivity index is 2.50. The highest BCUT2D eigenvalue weighted by Crippen LogP contribution is 2.24. The third-order valence-electron chi connectivity index (χ3n) is 2.10. The molecule has 1 N–H and O–H groups in total. The van der Waals surface area contributed by atoms with Crippen LogP contribution in [0.15, 0.2) is 4.99 Å². The van der Waals surface area contributed by atoms with E-state index >= 15 is 0 Å². The van der Waals surface area contributed by atoms with E-state index in [0.29, 0.717) is 11.5 Å². The summed E-state index contributed by atoms with van der Waals surface area (Å²) in [6.07, 6.45) is 0.751. The summed E-state index contributed by atoms with van der Waals surface area (Å²) in [5, 5.41) is 4.21. The van der Waals surface area contributed by atoms with Crippen molar-refractivity contribution in [3.63, 3.8) is 0 Å². The summed E-state index contributed by atoms with van der Waals surface area (Å²) in [4.78, 5) is 4.30. The molecule has 0 unspecified atom stereocenters. The van der Waals surface area contributed by atoms with Gasteiger partial charge < -0.3 is 5.32 Å². The summed E-state index contributed by atoms with van der Waals surface area (Å²) in [7, 11) is -2.77. The lowest BCUT2D eigenvalue weighted by Crippen LogP contribution is -2.23. The molecule has 1 saturated heterocycles. The van der Waals surface area contributed by atoms with Crippen molar-refractivity contribution in [2.45, 2.75) is 25.5 Å². The molecule has 1 atom stereocenters. The Kier molecular flexibility index (Phi) is 4.92. The lowest BCUT2D eigenvalue weighted by molar-refractivity contribution is 0.602. The molecule has 4 nitrogen and oxygen atoms in total. The number of aliphatic imine (C=N–C) groups is 1.